The van der Waals surface area contributed by atoms with Crippen LogP contribution in [0.15, 0.2) is 53.9 Å². The van der Waals surface area contributed by atoms with Crippen molar-refractivity contribution in [3.8, 4) is 11.1 Å². The van der Waals surface area contributed by atoms with Crippen molar-refractivity contribution in [3.63, 3.8) is 0 Å². The Morgan fingerprint density at radius 1 is 1.06 bits per heavy atom. The molecule has 1 aliphatic heterocycles. The number of hydrogen-bond acceptors (Lipinski definition) is 5. The molecular formula is C26H26FN3O3S. The molecule has 176 valence electrons. The number of para-hydroxylation sites is 1. The lowest BCUT2D eigenvalue weighted by Crippen LogP contribution is -2.38. The number of ketones is 1. The van der Waals surface area contributed by atoms with Gasteiger partial charge in [-0.05, 0) is 43.5 Å². The second-order valence-electron chi connectivity index (χ2n) is 8.43. The molecule has 2 aromatic carbocycles. The largest absolute Gasteiger partial charge is 0.343 e. The molecule has 1 saturated heterocycles. The minimum Gasteiger partial charge on any atom is -0.343 e. The van der Waals surface area contributed by atoms with Crippen molar-refractivity contribution in [2.45, 2.75) is 38.5 Å². The van der Waals surface area contributed by atoms with E-state index in [-0.39, 0.29) is 42.2 Å². The summed E-state index contributed by atoms with van der Waals surface area (Å²) in [7, 11) is 0. The Morgan fingerprint density at radius 3 is 2.47 bits per heavy atom. The molecule has 1 aliphatic rings. The summed E-state index contributed by atoms with van der Waals surface area (Å²) < 4.78 is 13.3. The predicted octanol–water partition coefficient (Wildman–Crippen LogP) is 5.28. The number of thiazole rings is 1. The first-order valence-corrected chi connectivity index (χ1v) is 12.2. The molecule has 0 unspecified atom stereocenters. The van der Waals surface area contributed by atoms with Gasteiger partial charge in [0.15, 0.2) is 0 Å². The number of halogens is 1. The van der Waals surface area contributed by atoms with Gasteiger partial charge in [-0.3, -0.25) is 9.59 Å². The van der Waals surface area contributed by atoms with E-state index in [4.69, 9.17) is 0 Å². The van der Waals surface area contributed by atoms with Crippen molar-refractivity contribution in [1.29, 1.82) is 0 Å². The van der Waals surface area contributed by atoms with Crippen molar-refractivity contribution in [3.05, 3.63) is 70.4 Å². The molecule has 2 amide bonds. The van der Waals surface area contributed by atoms with Gasteiger partial charge >= 0.3 is 0 Å². The van der Waals surface area contributed by atoms with E-state index < -0.39 is 0 Å². The van der Waals surface area contributed by atoms with E-state index in [2.05, 4.69) is 10.3 Å². The molecule has 6 nitrogen and oxygen atoms in total. The highest BCUT2D eigenvalue weighted by molar-refractivity contribution is 7.10. The average Bonchev–Trinajstić information content (AvgIpc) is 3.34. The van der Waals surface area contributed by atoms with Gasteiger partial charge < -0.3 is 15.0 Å². The SMILES string of the molecule is CC(=O)CCC(=O)N1CCC(c2nc(C(=O)Nc3ccccc3-c3ccc(F)cc3)cs2)CC1. The van der Waals surface area contributed by atoms with Crippen LogP contribution in [-0.4, -0.2) is 40.6 Å². The fourth-order valence-corrected chi connectivity index (χ4v) is 5.03. The summed E-state index contributed by atoms with van der Waals surface area (Å²) in [4.78, 5) is 42.7. The van der Waals surface area contributed by atoms with Gasteiger partial charge in [-0.25, -0.2) is 9.37 Å². The van der Waals surface area contributed by atoms with Crippen molar-refractivity contribution >= 4 is 34.6 Å². The maximum absolute atomic E-state index is 13.3. The number of nitrogens with zero attached hydrogens (tertiary/aromatic N) is 2. The molecule has 34 heavy (non-hydrogen) atoms. The lowest BCUT2D eigenvalue weighted by atomic mass is 9.97. The van der Waals surface area contributed by atoms with Gasteiger partial charge in [0.2, 0.25) is 5.91 Å². The van der Waals surface area contributed by atoms with Crippen molar-refractivity contribution in [2.24, 2.45) is 0 Å². The second kappa shape index (κ2) is 10.7. The molecule has 8 heteroatoms. The van der Waals surface area contributed by atoms with Crippen LogP contribution >= 0.6 is 11.3 Å². The zero-order valence-electron chi connectivity index (χ0n) is 18.9. The normalized spacial score (nSPS) is 14.1. The Morgan fingerprint density at radius 2 is 1.76 bits per heavy atom. The van der Waals surface area contributed by atoms with Gasteiger partial charge in [0.05, 0.1) is 5.01 Å². The molecule has 1 fully saturated rings. The quantitative estimate of drug-likeness (QED) is 0.500. The molecular weight excluding hydrogens is 453 g/mol. The Labute approximate surface area is 201 Å². The van der Waals surface area contributed by atoms with E-state index in [1.165, 1.54) is 30.4 Å². The molecule has 0 bridgehead atoms. The van der Waals surface area contributed by atoms with E-state index >= 15 is 0 Å². The summed E-state index contributed by atoms with van der Waals surface area (Å²) in [5, 5.41) is 5.59. The summed E-state index contributed by atoms with van der Waals surface area (Å²) in [6, 6.07) is 13.5. The predicted molar refractivity (Wildman–Crippen MR) is 130 cm³/mol. The maximum Gasteiger partial charge on any atom is 0.275 e. The second-order valence-corrected chi connectivity index (χ2v) is 9.32. The third-order valence-electron chi connectivity index (χ3n) is 5.97. The van der Waals surface area contributed by atoms with Gasteiger partial charge in [-0.1, -0.05) is 30.3 Å². The van der Waals surface area contributed by atoms with Crippen LogP contribution in [0.25, 0.3) is 11.1 Å². The number of anilines is 1. The Kier molecular flexibility index (Phi) is 7.47. The number of nitrogens with one attached hydrogen (secondary N) is 1. The summed E-state index contributed by atoms with van der Waals surface area (Å²) in [6.07, 6.45) is 2.12. The van der Waals surface area contributed by atoms with Gasteiger partial charge in [0, 0.05) is 48.5 Å². The number of Topliss-reactive ketones (excluding diaryl/α,β-unsaturated/α-hetero) is 1. The first-order chi connectivity index (χ1) is 16.4. The van der Waals surface area contributed by atoms with Crippen molar-refractivity contribution < 1.29 is 18.8 Å². The van der Waals surface area contributed by atoms with Gasteiger partial charge in [-0.15, -0.1) is 11.3 Å². The number of piperidine rings is 1. The van der Waals surface area contributed by atoms with Gasteiger partial charge in [0.1, 0.15) is 17.3 Å². The standard InChI is InChI=1S/C26H26FN3O3S/c1-17(31)6-11-24(32)30-14-12-19(13-15-30)26-29-23(16-34-26)25(33)28-22-5-3-2-4-21(22)18-7-9-20(27)10-8-18/h2-5,7-10,16,19H,6,11-15H2,1H3,(H,28,33). The molecule has 0 atom stereocenters. The number of hydrogen-bond donors (Lipinski definition) is 1. The Hall–Kier alpha value is -3.39. The number of likely N-dealkylation sites (tertiary alicyclic amines) is 1. The van der Waals surface area contributed by atoms with Crippen LogP contribution in [0.4, 0.5) is 10.1 Å². The smallest absolute Gasteiger partial charge is 0.275 e. The number of aromatic nitrogens is 1. The first-order valence-electron chi connectivity index (χ1n) is 11.3. The van der Waals surface area contributed by atoms with Crippen LogP contribution in [0.2, 0.25) is 0 Å². The van der Waals surface area contributed by atoms with Crippen LogP contribution in [0.5, 0.6) is 0 Å². The van der Waals surface area contributed by atoms with E-state index in [9.17, 15) is 18.8 Å². The monoisotopic (exact) mass is 479 g/mol. The van der Waals surface area contributed by atoms with Crippen molar-refractivity contribution in [1.82, 2.24) is 9.88 Å². The number of rotatable bonds is 7. The summed E-state index contributed by atoms with van der Waals surface area (Å²) in [5.74, 6) is -0.361. The van der Waals surface area contributed by atoms with E-state index in [0.29, 0.717) is 24.5 Å². The van der Waals surface area contributed by atoms with Crippen LogP contribution in [0.3, 0.4) is 0 Å². The molecule has 0 spiro atoms. The highest BCUT2D eigenvalue weighted by Crippen LogP contribution is 2.32. The van der Waals surface area contributed by atoms with E-state index in [0.717, 1.165) is 29.0 Å². The molecule has 1 aromatic heterocycles. The van der Waals surface area contributed by atoms with Crippen LogP contribution in [-0.2, 0) is 9.59 Å². The molecule has 0 radical (unpaired) electrons. The lowest BCUT2D eigenvalue weighted by Gasteiger charge is -2.31. The summed E-state index contributed by atoms with van der Waals surface area (Å²) >= 11 is 1.46. The van der Waals surface area contributed by atoms with Crippen LogP contribution < -0.4 is 5.32 Å². The fraction of sp³-hybridized carbons (Fsp3) is 0.308. The topological polar surface area (TPSA) is 79.4 Å². The molecule has 1 N–H and O–H groups in total. The summed E-state index contributed by atoms with van der Waals surface area (Å²) in [6.45, 7) is 2.76. The zero-order chi connectivity index (χ0) is 24.1. The number of amides is 2. The van der Waals surface area contributed by atoms with E-state index in [1.54, 1.807) is 17.5 Å². The third-order valence-corrected chi connectivity index (χ3v) is 6.98. The van der Waals surface area contributed by atoms with Crippen molar-refractivity contribution in [2.75, 3.05) is 18.4 Å². The minimum absolute atomic E-state index is 0.0210. The lowest BCUT2D eigenvalue weighted by molar-refractivity contribution is -0.133. The fourth-order valence-electron chi connectivity index (χ4n) is 4.06. The van der Waals surface area contributed by atoms with Crippen LogP contribution in [0, 0.1) is 5.82 Å². The average molecular weight is 480 g/mol. The molecule has 0 saturated carbocycles. The highest BCUT2D eigenvalue weighted by Gasteiger charge is 2.26. The van der Waals surface area contributed by atoms with Gasteiger partial charge in [0.25, 0.3) is 5.91 Å². The highest BCUT2D eigenvalue weighted by atomic mass is 32.1. The summed E-state index contributed by atoms with van der Waals surface area (Å²) in [5.41, 5.74) is 2.59. The zero-order valence-corrected chi connectivity index (χ0v) is 19.7. The Bertz CT molecular complexity index is 1180. The molecule has 3 aromatic rings. The molecule has 2 heterocycles. The third kappa shape index (κ3) is 5.75. The molecule has 0 aliphatic carbocycles. The minimum atomic E-state index is -0.313. The molecule has 4 rings (SSSR count). The Balaban J connectivity index is 1.38. The first kappa shape index (κ1) is 23.8. The van der Waals surface area contributed by atoms with Crippen LogP contribution in [0.1, 0.15) is 54.0 Å². The maximum atomic E-state index is 13.3. The van der Waals surface area contributed by atoms with E-state index in [1.807, 2.05) is 29.2 Å². The number of benzene rings is 2. The van der Waals surface area contributed by atoms with Gasteiger partial charge in [-0.2, -0.15) is 0 Å². The number of carbonyl (C=O) groups is 3. The number of carbonyl (C=O) groups excluding carboxylic acids is 3.